The average Bonchev–Trinajstić information content (AvgIpc) is 2.29. The molecule has 0 bridgehead atoms. The van der Waals surface area contributed by atoms with Gasteiger partial charge in [0.2, 0.25) is 0 Å². The fourth-order valence-electron chi connectivity index (χ4n) is 1.27. The zero-order valence-electron chi connectivity index (χ0n) is 9.38. The van der Waals surface area contributed by atoms with Crippen LogP contribution in [0.1, 0.15) is 30.1 Å². The molecule has 5 nitrogen and oxygen atoms in total. The normalized spacial score (nSPS) is 10.2. The second-order valence-corrected chi connectivity index (χ2v) is 4.61. The number of benzene rings is 1. The lowest BCUT2D eigenvalue weighted by molar-refractivity contribution is -0.385. The predicted octanol–water partition coefficient (Wildman–Crippen LogP) is 3.19. The van der Waals surface area contributed by atoms with Crippen LogP contribution in [0.3, 0.4) is 0 Å². The molecule has 0 spiro atoms. The van der Waals surface area contributed by atoms with Gasteiger partial charge in [0.15, 0.2) is 0 Å². The summed E-state index contributed by atoms with van der Waals surface area (Å²) < 4.78 is 0. The molecule has 0 unspecified atom stereocenters. The number of nitro benzene ring substituents is 1. The molecule has 0 aromatic heterocycles. The summed E-state index contributed by atoms with van der Waals surface area (Å²) in [5.41, 5.74) is -0.617. The number of carbonyl (C=O) groups is 1. The lowest BCUT2D eigenvalue weighted by atomic mass is 10.2. The van der Waals surface area contributed by atoms with Gasteiger partial charge < -0.3 is 5.11 Å². The molecule has 0 saturated heterocycles. The molecule has 1 N–H and O–H groups in total. The maximum atomic E-state index is 10.9. The molecule has 1 aromatic rings. The highest BCUT2D eigenvalue weighted by molar-refractivity contribution is 7.99. The van der Waals surface area contributed by atoms with E-state index < -0.39 is 10.9 Å². The Morgan fingerprint density at radius 2 is 2.24 bits per heavy atom. The van der Waals surface area contributed by atoms with E-state index in [2.05, 4.69) is 6.92 Å². The largest absolute Gasteiger partial charge is 0.477 e. The number of nitrogens with zero attached hydrogens (tertiary/aromatic N) is 1. The van der Waals surface area contributed by atoms with Crippen molar-refractivity contribution in [2.75, 3.05) is 5.75 Å². The third-order valence-corrected chi connectivity index (χ3v) is 3.24. The molecule has 0 fully saturated rings. The maximum absolute atomic E-state index is 10.9. The number of carboxylic acid groups (broad SMARTS) is 1. The molecule has 6 heteroatoms. The van der Waals surface area contributed by atoms with Crippen LogP contribution in [0.2, 0.25) is 0 Å². The van der Waals surface area contributed by atoms with E-state index >= 15 is 0 Å². The lowest BCUT2D eigenvalue weighted by Crippen LogP contribution is -2.02. The molecule has 0 radical (unpaired) electrons. The van der Waals surface area contributed by atoms with Crippen LogP contribution in [0, 0.1) is 10.1 Å². The minimum Gasteiger partial charge on any atom is -0.477 e. The highest BCUT2D eigenvalue weighted by Crippen LogP contribution is 2.26. The lowest BCUT2D eigenvalue weighted by Gasteiger charge is -2.03. The first-order chi connectivity index (χ1) is 8.06. The van der Waals surface area contributed by atoms with E-state index in [1.807, 2.05) is 0 Å². The van der Waals surface area contributed by atoms with Crippen LogP contribution in [-0.2, 0) is 0 Å². The molecule has 17 heavy (non-hydrogen) atoms. The number of carboxylic acids is 1. The van der Waals surface area contributed by atoms with Crippen LogP contribution in [-0.4, -0.2) is 21.8 Å². The molecule has 0 aliphatic carbocycles. The van der Waals surface area contributed by atoms with Crippen molar-refractivity contribution in [3.05, 3.63) is 33.9 Å². The van der Waals surface area contributed by atoms with Crippen LogP contribution in [0.4, 0.5) is 5.69 Å². The topological polar surface area (TPSA) is 80.4 Å². The van der Waals surface area contributed by atoms with Gasteiger partial charge in [0.1, 0.15) is 5.56 Å². The summed E-state index contributed by atoms with van der Waals surface area (Å²) in [6.45, 7) is 2.07. The minimum absolute atomic E-state index is 0.253. The van der Waals surface area contributed by atoms with Crippen molar-refractivity contribution in [3.8, 4) is 0 Å². The van der Waals surface area contributed by atoms with Gasteiger partial charge in [-0.3, -0.25) is 10.1 Å². The fraction of sp³-hybridized carbons (Fsp3) is 0.364. The van der Waals surface area contributed by atoms with Crippen molar-refractivity contribution >= 4 is 23.4 Å². The Kier molecular flexibility index (Phi) is 4.96. The maximum Gasteiger partial charge on any atom is 0.342 e. The zero-order chi connectivity index (χ0) is 12.8. The summed E-state index contributed by atoms with van der Waals surface area (Å²) in [7, 11) is 0. The van der Waals surface area contributed by atoms with Gasteiger partial charge in [0.25, 0.3) is 5.69 Å². The second-order valence-electron chi connectivity index (χ2n) is 3.44. The molecule has 0 saturated carbocycles. The zero-order valence-corrected chi connectivity index (χ0v) is 10.2. The molecule has 0 aliphatic heterocycles. The van der Waals surface area contributed by atoms with Gasteiger partial charge in [-0.15, -0.1) is 11.8 Å². The molecule has 0 heterocycles. The molecule has 1 aromatic carbocycles. The number of aromatic carboxylic acids is 1. The van der Waals surface area contributed by atoms with E-state index in [0.717, 1.165) is 23.5 Å². The van der Waals surface area contributed by atoms with E-state index in [9.17, 15) is 14.9 Å². The molecule has 1 rings (SSSR count). The Labute approximate surface area is 103 Å². The molecule has 0 amide bonds. The molecule has 0 atom stereocenters. The number of thioether (sulfide) groups is 1. The van der Waals surface area contributed by atoms with Gasteiger partial charge >= 0.3 is 5.97 Å². The van der Waals surface area contributed by atoms with Crippen molar-refractivity contribution in [1.29, 1.82) is 0 Å². The van der Waals surface area contributed by atoms with E-state index in [4.69, 9.17) is 5.11 Å². The summed E-state index contributed by atoms with van der Waals surface area (Å²) in [6, 6.07) is 4.20. The average molecular weight is 255 g/mol. The van der Waals surface area contributed by atoms with E-state index in [1.54, 1.807) is 6.07 Å². The van der Waals surface area contributed by atoms with Crippen LogP contribution in [0.25, 0.3) is 0 Å². The number of hydrogen-bond acceptors (Lipinski definition) is 4. The monoisotopic (exact) mass is 255 g/mol. The summed E-state index contributed by atoms with van der Waals surface area (Å²) in [5.74, 6) is -0.387. The van der Waals surface area contributed by atoms with Crippen molar-refractivity contribution in [1.82, 2.24) is 0 Å². The third kappa shape index (κ3) is 3.74. The van der Waals surface area contributed by atoms with Gasteiger partial charge in [-0.1, -0.05) is 13.3 Å². The summed E-state index contributed by atoms with van der Waals surface area (Å²) >= 11 is 1.51. The fourth-order valence-corrected chi connectivity index (χ4v) is 2.30. The van der Waals surface area contributed by atoms with Crippen molar-refractivity contribution in [2.24, 2.45) is 0 Å². The third-order valence-electron chi connectivity index (χ3n) is 2.16. The highest BCUT2D eigenvalue weighted by Gasteiger charge is 2.19. The Hall–Kier alpha value is -1.56. The summed E-state index contributed by atoms with van der Waals surface area (Å²) in [5, 5.41) is 19.5. The van der Waals surface area contributed by atoms with Gasteiger partial charge in [0.05, 0.1) is 4.92 Å². The van der Waals surface area contributed by atoms with Gasteiger partial charge in [-0.2, -0.15) is 0 Å². The highest BCUT2D eigenvalue weighted by atomic mass is 32.2. The molecule has 92 valence electrons. The summed E-state index contributed by atoms with van der Waals surface area (Å²) in [4.78, 5) is 21.6. The van der Waals surface area contributed by atoms with Gasteiger partial charge in [-0.05, 0) is 24.3 Å². The number of rotatable bonds is 6. The smallest absolute Gasteiger partial charge is 0.342 e. The van der Waals surface area contributed by atoms with E-state index in [0.29, 0.717) is 0 Å². The Morgan fingerprint density at radius 3 is 2.76 bits per heavy atom. The predicted molar refractivity (Wildman–Crippen MR) is 65.7 cm³/mol. The Balaban J connectivity index is 2.94. The quantitative estimate of drug-likeness (QED) is 0.365. The van der Waals surface area contributed by atoms with Crippen molar-refractivity contribution < 1.29 is 14.8 Å². The summed E-state index contributed by atoms with van der Waals surface area (Å²) in [6.07, 6.45) is 2.09. The SMILES string of the molecule is CCCCSc1ccc([N+](=O)[O-])c(C(=O)O)c1. The van der Waals surface area contributed by atoms with E-state index in [1.165, 1.54) is 23.9 Å². The molecule has 0 aliphatic rings. The van der Waals surface area contributed by atoms with E-state index in [-0.39, 0.29) is 11.3 Å². The van der Waals surface area contributed by atoms with Gasteiger partial charge in [0, 0.05) is 11.0 Å². The van der Waals surface area contributed by atoms with Gasteiger partial charge in [-0.25, -0.2) is 4.79 Å². The van der Waals surface area contributed by atoms with Crippen molar-refractivity contribution in [3.63, 3.8) is 0 Å². The Bertz CT molecular complexity index is 433. The number of nitro groups is 1. The van der Waals surface area contributed by atoms with Crippen LogP contribution in [0.15, 0.2) is 23.1 Å². The molecular weight excluding hydrogens is 242 g/mol. The minimum atomic E-state index is -1.27. The number of unbranched alkanes of at least 4 members (excludes halogenated alkanes) is 1. The Morgan fingerprint density at radius 1 is 1.53 bits per heavy atom. The van der Waals surface area contributed by atoms with Crippen LogP contribution < -0.4 is 0 Å². The first-order valence-corrected chi connectivity index (χ1v) is 6.19. The standard InChI is InChI=1S/C11H13NO4S/c1-2-3-6-17-8-4-5-10(12(15)16)9(7-8)11(13)14/h4-5,7H,2-3,6H2,1H3,(H,13,14). The van der Waals surface area contributed by atoms with Crippen LogP contribution in [0.5, 0.6) is 0 Å². The van der Waals surface area contributed by atoms with Crippen molar-refractivity contribution in [2.45, 2.75) is 24.7 Å². The molecular formula is C11H13NO4S. The van der Waals surface area contributed by atoms with Crippen LogP contribution >= 0.6 is 11.8 Å². The first-order valence-electron chi connectivity index (χ1n) is 5.20. The number of hydrogen-bond donors (Lipinski definition) is 1. The second kappa shape index (κ2) is 6.24. The first kappa shape index (κ1) is 13.5.